The topological polar surface area (TPSA) is 128 Å². The van der Waals surface area contributed by atoms with E-state index in [9.17, 15) is 19.5 Å². The van der Waals surface area contributed by atoms with E-state index in [4.69, 9.17) is 15.2 Å². The summed E-state index contributed by atoms with van der Waals surface area (Å²) < 4.78 is 10.9. The third kappa shape index (κ3) is 6.75. The van der Waals surface area contributed by atoms with Gasteiger partial charge in [0.2, 0.25) is 0 Å². The molecule has 0 bridgehead atoms. The van der Waals surface area contributed by atoms with Crippen LogP contribution in [-0.4, -0.2) is 54.4 Å². The van der Waals surface area contributed by atoms with Gasteiger partial charge in [0.1, 0.15) is 5.60 Å². The van der Waals surface area contributed by atoms with Gasteiger partial charge in [-0.3, -0.25) is 9.59 Å². The summed E-state index contributed by atoms with van der Waals surface area (Å²) in [5.74, 6) is -0.551. The van der Waals surface area contributed by atoms with Crippen molar-refractivity contribution in [2.45, 2.75) is 98.1 Å². The molecule has 0 aliphatic heterocycles. The molecule has 1 amide bonds. The predicted molar refractivity (Wildman–Crippen MR) is 146 cm³/mol. The van der Waals surface area contributed by atoms with Gasteiger partial charge >= 0.3 is 12.1 Å². The summed E-state index contributed by atoms with van der Waals surface area (Å²) >= 11 is 0. The number of alkyl carbamates (subject to hydrolysis) is 1. The SMILES string of the molecule is CC1=C(CCCOC(=O)[C@H](CCCN)C[C@H](CO)NC(=O)OC(C)(C)C)C2=C(C)C3(CC3)[C@H](C)C(=O)C2=C1. The number of aliphatic hydroxyl groups is 1. The predicted octanol–water partition coefficient (Wildman–Crippen LogP) is 4.51. The summed E-state index contributed by atoms with van der Waals surface area (Å²) in [4.78, 5) is 38.2. The second-order valence-electron chi connectivity index (χ2n) is 12.1. The molecule has 0 unspecified atom stereocenters. The standard InChI is InChI=1S/C30H46N2O6/c1-18-15-24-25(19(2)30(11-12-30)20(3)26(24)34)23(18)10-8-14-37-27(35)21(9-7-13-31)16-22(17-33)32-28(36)38-29(4,5)6/h15,20-22,33H,7-14,16-17,31H2,1-6H3,(H,32,36)/t20-,21-,22-/m1/s1. The summed E-state index contributed by atoms with van der Waals surface area (Å²) in [6.07, 6.45) is 6.31. The molecule has 0 aromatic heterocycles. The van der Waals surface area contributed by atoms with Crippen molar-refractivity contribution in [1.82, 2.24) is 5.32 Å². The second-order valence-corrected chi connectivity index (χ2v) is 12.1. The van der Waals surface area contributed by atoms with Crippen LogP contribution >= 0.6 is 0 Å². The third-order valence-electron chi connectivity index (χ3n) is 8.22. The van der Waals surface area contributed by atoms with Crippen LogP contribution in [0, 0.1) is 17.3 Å². The number of ketones is 1. The highest BCUT2D eigenvalue weighted by Crippen LogP contribution is 2.63. The molecular formula is C30H46N2O6. The van der Waals surface area contributed by atoms with E-state index in [2.05, 4.69) is 26.1 Å². The number of hydrogen-bond donors (Lipinski definition) is 3. The van der Waals surface area contributed by atoms with Gasteiger partial charge in [-0.2, -0.15) is 0 Å². The van der Waals surface area contributed by atoms with Gasteiger partial charge in [0, 0.05) is 16.9 Å². The molecule has 0 saturated heterocycles. The zero-order valence-electron chi connectivity index (χ0n) is 23.9. The van der Waals surface area contributed by atoms with Crippen LogP contribution in [0.2, 0.25) is 0 Å². The Kier molecular flexibility index (Phi) is 9.63. The molecule has 8 heteroatoms. The zero-order chi connectivity index (χ0) is 28.3. The quantitative estimate of drug-likeness (QED) is 0.250. The van der Waals surface area contributed by atoms with Crippen LogP contribution in [-0.2, 0) is 19.1 Å². The maximum Gasteiger partial charge on any atom is 0.407 e. The number of rotatable bonds is 12. The molecule has 0 aromatic carbocycles. The lowest BCUT2D eigenvalue weighted by Gasteiger charge is -2.32. The van der Waals surface area contributed by atoms with E-state index in [0.29, 0.717) is 25.8 Å². The lowest BCUT2D eigenvalue weighted by atomic mass is 9.70. The van der Waals surface area contributed by atoms with E-state index >= 15 is 0 Å². The van der Waals surface area contributed by atoms with Crippen LogP contribution in [0.5, 0.6) is 0 Å². The van der Waals surface area contributed by atoms with Crippen molar-refractivity contribution < 1.29 is 29.0 Å². The summed E-state index contributed by atoms with van der Waals surface area (Å²) in [5, 5.41) is 12.4. The molecule has 1 fully saturated rings. The molecule has 8 nitrogen and oxygen atoms in total. The minimum atomic E-state index is -0.664. The zero-order valence-corrected chi connectivity index (χ0v) is 23.9. The van der Waals surface area contributed by atoms with Gasteiger partial charge in [0.05, 0.1) is 25.2 Å². The number of nitrogens with one attached hydrogen (secondary N) is 1. The first-order valence-corrected chi connectivity index (χ1v) is 14.0. The Bertz CT molecular complexity index is 1030. The van der Waals surface area contributed by atoms with Gasteiger partial charge < -0.3 is 25.6 Å². The molecule has 1 spiro atoms. The highest BCUT2D eigenvalue weighted by atomic mass is 16.6. The number of aliphatic hydroxyl groups excluding tert-OH is 1. The van der Waals surface area contributed by atoms with Crippen LogP contribution in [0.15, 0.2) is 33.9 Å². The van der Waals surface area contributed by atoms with E-state index in [1.165, 1.54) is 11.1 Å². The van der Waals surface area contributed by atoms with Crippen LogP contribution in [0.3, 0.4) is 0 Å². The minimum Gasteiger partial charge on any atom is -0.465 e. The maximum atomic E-state index is 13.1. The largest absolute Gasteiger partial charge is 0.465 e. The first-order chi connectivity index (χ1) is 17.8. The molecule has 4 N–H and O–H groups in total. The Labute approximate surface area is 227 Å². The Morgan fingerprint density at radius 2 is 1.92 bits per heavy atom. The van der Waals surface area contributed by atoms with Crippen LogP contribution < -0.4 is 11.1 Å². The van der Waals surface area contributed by atoms with Crippen molar-refractivity contribution in [2.75, 3.05) is 19.8 Å². The van der Waals surface area contributed by atoms with E-state index < -0.39 is 23.7 Å². The highest BCUT2D eigenvalue weighted by molar-refractivity contribution is 6.07. The Balaban J connectivity index is 1.56. The van der Waals surface area contributed by atoms with Gasteiger partial charge in [-0.15, -0.1) is 0 Å². The number of nitrogens with two attached hydrogens (primary N) is 1. The van der Waals surface area contributed by atoms with E-state index in [-0.39, 0.29) is 42.7 Å². The average molecular weight is 531 g/mol. The first-order valence-electron chi connectivity index (χ1n) is 14.0. The molecule has 0 heterocycles. The Morgan fingerprint density at radius 3 is 2.50 bits per heavy atom. The average Bonchev–Trinajstić information content (AvgIpc) is 3.58. The molecule has 38 heavy (non-hydrogen) atoms. The first kappa shape index (κ1) is 30.1. The number of ether oxygens (including phenoxy) is 2. The molecule has 3 aliphatic rings. The second kappa shape index (κ2) is 12.2. The summed E-state index contributed by atoms with van der Waals surface area (Å²) in [6.45, 7) is 12.0. The smallest absolute Gasteiger partial charge is 0.407 e. The monoisotopic (exact) mass is 530 g/mol. The number of allylic oxidation sites excluding steroid dienone is 6. The molecule has 1 saturated carbocycles. The van der Waals surface area contributed by atoms with Crippen LogP contribution in [0.4, 0.5) is 4.79 Å². The fraction of sp³-hybridized carbons (Fsp3) is 0.700. The lowest BCUT2D eigenvalue weighted by molar-refractivity contribution is -0.149. The van der Waals surface area contributed by atoms with E-state index in [1.807, 2.05) is 6.08 Å². The maximum absolute atomic E-state index is 13.1. The van der Waals surface area contributed by atoms with E-state index in [0.717, 1.165) is 36.0 Å². The fourth-order valence-corrected chi connectivity index (χ4v) is 5.91. The molecule has 3 aliphatic carbocycles. The van der Waals surface area contributed by atoms with Gasteiger partial charge in [-0.1, -0.05) is 12.5 Å². The molecular weight excluding hydrogens is 484 g/mol. The van der Waals surface area contributed by atoms with Gasteiger partial charge in [-0.25, -0.2) is 4.79 Å². The lowest BCUT2D eigenvalue weighted by Crippen LogP contribution is -2.43. The van der Waals surface area contributed by atoms with Gasteiger partial charge in [-0.05, 0) is 109 Å². The van der Waals surface area contributed by atoms with Crippen molar-refractivity contribution in [1.29, 1.82) is 0 Å². The van der Waals surface area contributed by atoms with Crippen molar-refractivity contribution >= 4 is 17.8 Å². The molecule has 0 radical (unpaired) electrons. The number of fused-ring (bicyclic) bond motifs is 1. The Morgan fingerprint density at radius 1 is 1.24 bits per heavy atom. The summed E-state index contributed by atoms with van der Waals surface area (Å²) in [6, 6.07) is -0.633. The molecule has 3 atom stereocenters. The van der Waals surface area contributed by atoms with E-state index in [1.54, 1.807) is 20.8 Å². The highest BCUT2D eigenvalue weighted by Gasteiger charge is 2.56. The van der Waals surface area contributed by atoms with Crippen LogP contribution in [0.25, 0.3) is 0 Å². The number of carbonyl (C=O) groups excluding carboxylic acids is 3. The number of amides is 1. The molecule has 212 valence electrons. The summed E-state index contributed by atoms with van der Waals surface area (Å²) in [5.41, 5.74) is 10.7. The van der Waals surface area contributed by atoms with Crippen molar-refractivity contribution in [2.24, 2.45) is 23.0 Å². The Hall–Kier alpha value is -2.45. The molecule has 0 aromatic rings. The molecule has 3 rings (SSSR count). The van der Waals surface area contributed by atoms with Gasteiger partial charge in [0.25, 0.3) is 0 Å². The normalized spacial score (nSPS) is 21.7. The minimum absolute atomic E-state index is 0.0406. The fourth-order valence-electron chi connectivity index (χ4n) is 5.91. The number of carbonyl (C=O) groups is 3. The van der Waals surface area contributed by atoms with Crippen molar-refractivity contribution in [3.63, 3.8) is 0 Å². The number of Topliss-reactive ketones (excluding diaryl/α,β-unsaturated/α-hetero) is 1. The van der Waals surface area contributed by atoms with Gasteiger partial charge in [0.15, 0.2) is 5.78 Å². The third-order valence-corrected chi connectivity index (χ3v) is 8.22. The van der Waals surface area contributed by atoms with Crippen molar-refractivity contribution in [3.8, 4) is 0 Å². The van der Waals surface area contributed by atoms with Crippen LogP contribution in [0.1, 0.15) is 86.5 Å². The number of hydrogen-bond acceptors (Lipinski definition) is 7. The number of esters is 1. The van der Waals surface area contributed by atoms with Crippen molar-refractivity contribution in [3.05, 3.63) is 33.9 Å². The summed E-state index contributed by atoms with van der Waals surface area (Å²) in [7, 11) is 0.